The highest BCUT2D eigenvalue weighted by Crippen LogP contribution is 2.68. The molecule has 0 bridgehead atoms. The molecule has 2 aromatic carbocycles. The van der Waals surface area contributed by atoms with E-state index in [1.54, 1.807) is 38.4 Å². The zero-order valence-corrected chi connectivity index (χ0v) is 30.4. The predicted molar refractivity (Wildman–Crippen MR) is 188 cm³/mol. The number of rotatable bonds is 10. The molecule has 6 aromatic rings. The van der Waals surface area contributed by atoms with E-state index in [9.17, 15) is 35.2 Å². The van der Waals surface area contributed by atoms with Crippen LogP contribution in [0, 0.1) is 17.6 Å². The number of para-hydroxylation sites is 1. The monoisotopic (exact) mass is 807 g/mol. The molecule has 2 aliphatic carbocycles. The van der Waals surface area contributed by atoms with E-state index in [4.69, 9.17) is 4.98 Å². The van der Waals surface area contributed by atoms with Gasteiger partial charge in [0, 0.05) is 48.2 Å². The molecule has 3 N–H and O–H groups in total. The Bertz CT molecular complexity index is 2650. The average molecular weight is 808 g/mol. The predicted octanol–water partition coefficient (Wildman–Crippen LogP) is 6.46. The zero-order chi connectivity index (χ0) is 39.4. The third-order valence-corrected chi connectivity index (χ3v) is 11.2. The lowest BCUT2D eigenvalue weighted by Crippen LogP contribution is -2.35. The number of aryl methyl sites for hydroxylation is 1. The van der Waals surface area contributed by atoms with Crippen LogP contribution in [0.2, 0.25) is 0 Å². The number of anilines is 2. The summed E-state index contributed by atoms with van der Waals surface area (Å²) in [5, 5.41) is 14.2. The van der Waals surface area contributed by atoms with E-state index < -0.39 is 81.0 Å². The molecule has 1 unspecified atom stereocenters. The fourth-order valence-corrected chi connectivity index (χ4v) is 8.72. The Morgan fingerprint density at radius 3 is 2.47 bits per heavy atom. The molecule has 288 valence electrons. The lowest BCUT2D eigenvalue weighted by Gasteiger charge is -2.23. The van der Waals surface area contributed by atoms with Gasteiger partial charge in [0.25, 0.3) is 5.92 Å². The molecule has 0 spiro atoms. The zero-order valence-electron chi connectivity index (χ0n) is 28.8. The van der Waals surface area contributed by atoms with Crippen molar-refractivity contribution in [1.82, 2.24) is 34.8 Å². The highest BCUT2D eigenvalue weighted by Gasteiger charge is 2.68. The van der Waals surface area contributed by atoms with E-state index in [1.165, 1.54) is 16.0 Å². The number of halogens is 7. The minimum atomic E-state index is -5.05. The summed E-state index contributed by atoms with van der Waals surface area (Å²) in [5.74, 6) is -8.90. The average Bonchev–Trinajstić information content (AvgIpc) is 3.36. The van der Waals surface area contributed by atoms with Gasteiger partial charge in [-0.2, -0.15) is 32.1 Å². The van der Waals surface area contributed by atoms with Gasteiger partial charge in [0.1, 0.15) is 23.9 Å². The van der Waals surface area contributed by atoms with Crippen LogP contribution in [0.5, 0.6) is 0 Å². The molecule has 12 nitrogen and oxygen atoms in total. The Morgan fingerprint density at radius 2 is 1.80 bits per heavy atom. The minimum Gasteiger partial charge on any atom is -0.365 e. The van der Waals surface area contributed by atoms with Crippen molar-refractivity contribution >= 4 is 59.5 Å². The minimum absolute atomic E-state index is 0.0206. The smallest absolute Gasteiger partial charge is 0.365 e. The van der Waals surface area contributed by atoms with E-state index >= 15 is 8.78 Å². The number of hydrogen-bond acceptors (Lipinski definition) is 9. The van der Waals surface area contributed by atoms with Crippen LogP contribution in [0.15, 0.2) is 42.5 Å². The molecule has 0 radical (unpaired) electrons. The summed E-state index contributed by atoms with van der Waals surface area (Å²) in [6.07, 6.45) is -4.56. The van der Waals surface area contributed by atoms with Crippen molar-refractivity contribution in [3.05, 3.63) is 82.3 Å². The van der Waals surface area contributed by atoms with Crippen LogP contribution < -0.4 is 15.4 Å². The van der Waals surface area contributed by atoms with Gasteiger partial charge in [-0.05, 0) is 48.6 Å². The van der Waals surface area contributed by atoms with E-state index in [0.717, 1.165) is 18.4 Å². The molecular weight excluding hydrogens is 780 g/mol. The number of carbonyl (C=O) groups excluding carboxylic acids is 1. The number of carbonyl (C=O) groups is 1. The molecule has 1 saturated carbocycles. The molecular formula is C34H28F7N9O3S2. The van der Waals surface area contributed by atoms with Gasteiger partial charge < -0.3 is 10.6 Å². The number of nitrogens with zero attached hydrogens (tertiary/aromatic N) is 6. The SMILES string of the molecule is CNc1nc2nc([C@H](Cc3cc(F)cc(F)c3)NC(=O)Cn3nc(C(F)(F)F)c4c3C(F)(F)C3C[C@H]43)c(-c3cccc4c(NS(C)(=O)=O)nn(C)c34)cc2s1. The largest absolute Gasteiger partial charge is 0.435 e. The molecule has 2 aliphatic rings. The topological polar surface area (TPSA) is 149 Å². The van der Waals surface area contributed by atoms with Gasteiger partial charge >= 0.3 is 6.18 Å². The molecule has 0 aliphatic heterocycles. The van der Waals surface area contributed by atoms with Gasteiger partial charge in [-0.3, -0.25) is 18.9 Å². The van der Waals surface area contributed by atoms with Gasteiger partial charge in [-0.1, -0.05) is 23.5 Å². The summed E-state index contributed by atoms with van der Waals surface area (Å²) in [5.41, 5.74) is -1.53. The van der Waals surface area contributed by atoms with Crippen molar-refractivity contribution in [3.63, 3.8) is 0 Å². The second kappa shape index (κ2) is 12.6. The molecule has 8 rings (SSSR count). The van der Waals surface area contributed by atoms with Gasteiger partial charge in [0.05, 0.1) is 28.2 Å². The van der Waals surface area contributed by atoms with Crippen LogP contribution in [0.25, 0.3) is 32.4 Å². The molecule has 0 saturated heterocycles. The summed E-state index contributed by atoms with van der Waals surface area (Å²) in [6.45, 7) is -1.04. The molecule has 4 aromatic heterocycles. The Hall–Kier alpha value is -5.31. The van der Waals surface area contributed by atoms with Crippen LogP contribution in [0.1, 0.15) is 46.6 Å². The standard InChI is InChI=1S/C34H28F7N9O3S2/c1-42-32-45-31-23(54-32)12-19(17-5-4-6-18-27(17)49(2)47-30(18)48-55(3,52)53)26(44-31)22(9-14-7-15(35)10-16(36)8-14)43-24(51)13-50-29-25(28(46-50)34(39,40)41)20-11-21(20)33(29,37)38/h4-8,10,12,20-22H,9,11,13H2,1-3H3,(H,43,51)(H,47,48)(H,42,44,45)/t20-,21?,22-/m0/s1. The van der Waals surface area contributed by atoms with Crippen LogP contribution in [0.3, 0.4) is 0 Å². The Balaban J connectivity index is 1.28. The van der Waals surface area contributed by atoms with Crippen molar-refractivity contribution in [2.75, 3.05) is 23.3 Å². The van der Waals surface area contributed by atoms with E-state index in [0.29, 0.717) is 42.6 Å². The second-order valence-corrected chi connectivity index (χ2v) is 16.3. The Kier molecular flexibility index (Phi) is 8.41. The Morgan fingerprint density at radius 1 is 1.07 bits per heavy atom. The fourth-order valence-electron chi connectivity index (χ4n) is 7.42. The summed E-state index contributed by atoms with van der Waals surface area (Å²) in [6, 6.07) is 8.03. The number of pyridine rings is 1. The first kappa shape index (κ1) is 36.7. The van der Waals surface area contributed by atoms with Crippen LogP contribution in [0.4, 0.5) is 41.7 Å². The van der Waals surface area contributed by atoms with Crippen LogP contribution in [-0.2, 0) is 46.9 Å². The summed E-state index contributed by atoms with van der Waals surface area (Å²) >= 11 is 1.23. The first-order valence-corrected chi connectivity index (χ1v) is 19.3. The number of sulfonamides is 1. The van der Waals surface area contributed by atoms with Crippen molar-refractivity contribution in [2.24, 2.45) is 13.0 Å². The summed E-state index contributed by atoms with van der Waals surface area (Å²) < 4.78 is 131. The molecule has 4 heterocycles. The highest BCUT2D eigenvalue weighted by molar-refractivity contribution is 7.92. The third-order valence-electron chi connectivity index (χ3n) is 9.58. The summed E-state index contributed by atoms with van der Waals surface area (Å²) in [4.78, 5) is 23.1. The van der Waals surface area contributed by atoms with Gasteiger partial charge in [-0.25, -0.2) is 27.2 Å². The van der Waals surface area contributed by atoms with Crippen molar-refractivity contribution < 1.29 is 43.9 Å². The summed E-state index contributed by atoms with van der Waals surface area (Å²) in [7, 11) is -0.552. The maximum Gasteiger partial charge on any atom is 0.435 e. The van der Waals surface area contributed by atoms with Gasteiger partial charge in [-0.15, -0.1) is 0 Å². The quantitative estimate of drug-likeness (QED) is 0.134. The lowest BCUT2D eigenvalue weighted by atomic mass is 9.94. The van der Waals surface area contributed by atoms with Gasteiger partial charge in [0.2, 0.25) is 15.9 Å². The van der Waals surface area contributed by atoms with Crippen molar-refractivity contribution in [1.29, 1.82) is 0 Å². The van der Waals surface area contributed by atoms with Crippen LogP contribution in [-0.4, -0.2) is 57.2 Å². The number of fused-ring (bicyclic) bond motifs is 5. The van der Waals surface area contributed by atoms with Crippen LogP contribution >= 0.6 is 11.3 Å². The number of thiazole rings is 1. The maximum absolute atomic E-state index is 15.4. The lowest BCUT2D eigenvalue weighted by molar-refractivity contribution is -0.142. The number of nitrogens with one attached hydrogen (secondary N) is 3. The number of hydrogen-bond donors (Lipinski definition) is 3. The third kappa shape index (κ3) is 6.51. The first-order chi connectivity index (χ1) is 25.8. The highest BCUT2D eigenvalue weighted by atomic mass is 32.2. The van der Waals surface area contributed by atoms with E-state index in [2.05, 4.69) is 30.5 Å². The number of amides is 1. The number of aromatic nitrogens is 6. The first-order valence-electron chi connectivity index (χ1n) is 16.6. The Labute approximate surface area is 310 Å². The normalized spacial score (nSPS) is 18.0. The molecule has 55 heavy (non-hydrogen) atoms. The molecule has 1 fully saturated rings. The molecule has 3 atom stereocenters. The maximum atomic E-state index is 15.4. The van der Waals surface area contributed by atoms with E-state index in [-0.39, 0.29) is 35.6 Å². The molecule has 1 amide bonds. The van der Waals surface area contributed by atoms with Crippen molar-refractivity contribution in [3.8, 4) is 11.1 Å². The fraction of sp³-hybridized carbons (Fsp3) is 0.324. The molecule has 21 heteroatoms. The number of benzene rings is 2. The number of alkyl halides is 5. The van der Waals surface area contributed by atoms with Crippen molar-refractivity contribution in [2.45, 2.75) is 43.4 Å². The van der Waals surface area contributed by atoms with Gasteiger partial charge in [0.15, 0.2) is 22.3 Å². The second-order valence-electron chi connectivity index (χ2n) is 13.5. The van der Waals surface area contributed by atoms with E-state index in [1.807, 2.05) is 0 Å².